The Morgan fingerprint density at radius 2 is 2.03 bits per heavy atom. The van der Waals surface area contributed by atoms with Gasteiger partial charge in [-0.3, -0.25) is 4.79 Å². The SMILES string of the molecule is CC(CO)Nc1nc(SCc2cccc(F)c2F)nc2[nH]c(=O)c(N(C)CCO)nc12. The molecule has 0 aliphatic rings. The van der Waals surface area contributed by atoms with Crippen molar-refractivity contribution < 1.29 is 19.0 Å². The number of anilines is 2. The van der Waals surface area contributed by atoms with Crippen LogP contribution in [0.3, 0.4) is 0 Å². The summed E-state index contributed by atoms with van der Waals surface area (Å²) >= 11 is 1.06. The zero-order valence-corrected chi connectivity index (χ0v) is 17.7. The molecule has 2 heterocycles. The lowest BCUT2D eigenvalue weighted by atomic mass is 10.2. The van der Waals surface area contributed by atoms with Gasteiger partial charge in [0.25, 0.3) is 5.56 Å². The Morgan fingerprint density at radius 1 is 1.26 bits per heavy atom. The van der Waals surface area contributed by atoms with Crippen LogP contribution >= 0.6 is 11.8 Å². The van der Waals surface area contributed by atoms with E-state index in [4.69, 9.17) is 5.11 Å². The third kappa shape index (κ3) is 5.27. The maximum absolute atomic E-state index is 13.9. The Labute approximate surface area is 180 Å². The molecule has 0 saturated carbocycles. The molecule has 0 spiro atoms. The van der Waals surface area contributed by atoms with Crippen LogP contribution < -0.4 is 15.8 Å². The average molecular weight is 452 g/mol. The number of aromatic nitrogens is 4. The van der Waals surface area contributed by atoms with Gasteiger partial charge in [-0.25, -0.2) is 23.7 Å². The third-order valence-electron chi connectivity index (χ3n) is 4.36. The van der Waals surface area contributed by atoms with E-state index in [0.29, 0.717) is 0 Å². The quantitative estimate of drug-likeness (QED) is 0.282. The molecule has 0 bridgehead atoms. The van der Waals surface area contributed by atoms with Gasteiger partial charge in [-0.15, -0.1) is 0 Å². The number of rotatable bonds is 9. The van der Waals surface area contributed by atoms with Gasteiger partial charge in [-0.05, 0) is 13.0 Å². The Balaban J connectivity index is 2.02. The molecule has 0 saturated heterocycles. The molecule has 1 aromatic carbocycles. The average Bonchev–Trinajstić information content (AvgIpc) is 2.74. The number of halogens is 2. The number of thioether (sulfide) groups is 1. The largest absolute Gasteiger partial charge is 0.395 e. The van der Waals surface area contributed by atoms with E-state index in [1.807, 2.05) is 0 Å². The molecule has 3 rings (SSSR count). The van der Waals surface area contributed by atoms with Gasteiger partial charge in [0.15, 0.2) is 39.6 Å². The molecule has 2 aromatic heterocycles. The maximum atomic E-state index is 13.9. The van der Waals surface area contributed by atoms with Crippen LogP contribution in [0.4, 0.5) is 20.4 Å². The summed E-state index contributed by atoms with van der Waals surface area (Å²) in [6.07, 6.45) is 0. The molecular weight excluding hydrogens is 430 g/mol. The summed E-state index contributed by atoms with van der Waals surface area (Å²) in [6, 6.07) is 3.54. The number of aliphatic hydroxyl groups is 2. The first-order valence-electron chi connectivity index (χ1n) is 9.41. The van der Waals surface area contributed by atoms with E-state index in [2.05, 4.69) is 25.3 Å². The van der Waals surface area contributed by atoms with E-state index in [0.717, 1.165) is 17.8 Å². The van der Waals surface area contributed by atoms with Crippen LogP contribution in [-0.2, 0) is 5.75 Å². The van der Waals surface area contributed by atoms with Crippen molar-refractivity contribution in [3.05, 3.63) is 45.8 Å². The molecule has 9 nitrogen and oxygen atoms in total. The molecule has 0 radical (unpaired) electrons. The zero-order valence-electron chi connectivity index (χ0n) is 16.9. The van der Waals surface area contributed by atoms with Gasteiger partial charge in [-0.2, -0.15) is 0 Å². The van der Waals surface area contributed by atoms with E-state index < -0.39 is 17.2 Å². The lowest BCUT2D eigenvalue weighted by Crippen LogP contribution is -2.29. The normalized spacial score (nSPS) is 12.2. The summed E-state index contributed by atoms with van der Waals surface area (Å²) in [5.41, 5.74) is 0.0620. The highest BCUT2D eigenvalue weighted by Crippen LogP contribution is 2.26. The summed E-state index contributed by atoms with van der Waals surface area (Å²) in [5, 5.41) is 21.8. The fourth-order valence-corrected chi connectivity index (χ4v) is 3.53. The molecule has 12 heteroatoms. The first-order valence-corrected chi connectivity index (χ1v) is 10.4. The summed E-state index contributed by atoms with van der Waals surface area (Å²) in [7, 11) is 1.61. The lowest BCUT2D eigenvalue weighted by Gasteiger charge is -2.18. The molecular formula is C19H22F2N6O3S. The number of hydrogen-bond donors (Lipinski definition) is 4. The molecule has 1 atom stereocenters. The monoisotopic (exact) mass is 452 g/mol. The van der Waals surface area contributed by atoms with Crippen LogP contribution in [0.2, 0.25) is 0 Å². The molecule has 0 aliphatic carbocycles. The molecule has 4 N–H and O–H groups in total. The molecule has 3 aromatic rings. The fourth-order valence-electron chi connectivity index (χ4n) is 2.71. The number of nitrogens with zero attached hydrogens (tertiary/aromatic N) is 4. The fraction of sp³-hybridized carbons (Fsp3) is 0.368. The van der Waals surface area contributed by atoms with Crippen LogP contribution in [0.1, 0.15) is 12.5 Å². The number of hydrogen-bond acceptors (Lipinski definition) is 9. The van der Waals surface area contributed by atoms with Crippen molar-refractivity contribution in [1.29, 1.82) is 0 Å². The van der Waals surface area contributed by atoms with E-state index in [1.165, 1.54) is 17.0 Å². The minimum absolute atomic E-state index is 0.0685. The van der Waals surface area contributed by atoms with Gasteiger partial charge in [0.2, 0.25) is 0 Å². The van der Waals surface area contributed by atoms with E-state index in [9.17, 15) is 18.7 Å². The van der Waals surface area contributed by atoms with Crippen molar-refractivity contribution in [2.24, 2.45) is 0 Å². The number of likely N-dealkylation sites (N-methyl/N-ethyl adjacent to an activating group) is 1. The number of nitrogens with one attached hydrogen (secondary N) is 2. The molecule has 31 heavy (non-hydrogen) atoms. The van der Waals surface area contributed by atoms with E-state index >= 15 is 0 Å². The molecule has 0 fully saturated rings. The van der Waals surface area contributed by atoms with Gasteiger partial charge >= 0.3 is 0 Å². The summed E-state index contributed by atoms with van der Waals surface area (Å²) in [4.78, 5) is 29.6. The van der Waals surface area contributed by atoms with Crippen LogP contribution in [0.25, 0.3) is 11.2 Å². The van der Waals surface area contributed by atoms with Crippen LogP contribution in [0, 0.1) is 11.6 Å². The smallest absolute Gasteiger partial charge is 0.292 e. The van der Waals surface area contributed by atoms with Crippen molar-refractivity contribution in [2.75, 3.05) is 37.0 Å². The van der Waals surface area contributed by atoms with Crippen LogP contribution in [0.15, 0.2) is 28.2 Å². The molecule has 166 valence electrons. The van der Waals surface area contributed by atoms with Crippen LogP contribution in [0.5, 0.6) is 0 Å². The van der Waals surface area contributed by atoms with Crippen molar-refractivity contribution in [2.45, 2.75) is 23.9 Å². The standard InChI is InChI=1S/C19H22F2N6O3S/c1-10(8-29)22-15-14-16(24-18(30)17(23-14)27(2)6-7-28)26-19(25-15)31-9-11-4-3-5-12(20)13(11)21/h3-5,10,28-29H,6-9H2,1-2H3,(H2,22,24,25,26,30). The van der Waals surface area contributed by atoms with Crippen molar-refractivity contribution >= 4 is 34.6 Å². The van der Waals surface area contributed by atoms with E-state index in [1.54, 1.807) is 14.0 Å². The van der Waals surface area contributed by atoms with Gasteiger partial charge in [0, 0.05) is 31.0 Å². The zero-order chi connectivity index (χ0) is 22.5. The van der Waals surface area contributed by atoms with Gasteiger partial charge in [-0.1, -0.05) is 23.9 Å². The van der Waals surface area contributed by atoms with Gasteiger partial charge in [0.1, 0.15) is 0 Å². The number of aliphatic hydroxyl groups excluding tert-OH is 2. The second-order valence-corrected chi connectivity index (χ2v) is 7.76. The number of fused-ring (bicyclic) bond motifs is 1. The maximum Gasteiger partial charge on any atom is 0.292 e. The molecule has 0 amide bonds. The number of aromatic amines is 1. The van der Waals surface area contributed by atoms with Gasteiger partial charge in [0.05, 0.1) is 13.2 Å². The number of H-pyrrole nitrogens is 1. The topological polar surface area (TPSA) is 127 Å². The highest BCUT2D eigenvalue weighted by Gasteiger charge is 2.17. The summed E-state index contributed by atoms with van der Waals surface area (Å²) in [5.74, 6) is -1.46. The third-order valence-corrected chi connectivity index (χ3v) is 5.25. The number of benzene rings is 1. The predicted octanol–water partition coefficient (Wildman–Crippen LogP) is 1.50. The first-order chi connectivity index (χ1) is 14.8. The van der Waals surface area contributed by atoms with Crippen molar-refractivity contribution in [3.8, 4) is 0 Å². The molecule has 1 unspecified atom stereocenters. The Hall–Kier alpha value is -2.83. The molecule has 0 aliphatic heterocycles. The Morgan fingerprint density at radius 3 is 2.74 bits per heavy atom. The second-order valence-electron chi connectivity index (χ2n) is 6.82. The minimum atomic E-state index is -0.940. The summed E-state index contributed by atoms with van der Waals surface area (Å²) < 4.78 is 27.4. The lowest BCUT2D eigenvalue weighted by molar-refractivity contribution is 0.281. The van der Waals surface area contributed by atoms with Crippen molar-refractivity contribution in [1.82, 2.24) is 19.9 Å². The van der Waals surface area contributed by atoms with E-state index in [-0.39, 0.29) is 65.1 Å². The highest BCUT2D eigenvalue weighted by molar-refractivity contribution is 7.98. The first kappa shape index (κ1) is 22.8. The highest BCUT2D eigenvalue weighted by atomic mass is 32.2. The van der Waals surface area contributed by atoms with Crippen molar-refractivity contribution in [3.63, 3.8) is 0 Å². The Kier molecular flexibility index (Phi) is 7.36. The van der Waals surface area contributed by atoms with Gasteiger partial charge < -0.3 is 25.4 Å². The Bertz CT molecular complexity index is 1130. The predicted molar refractivity (Wildman–Crippen MR) is 114 cm³/mol. The van der Waals surface area contributed by atoms with Crippen LogP contribution in [-0.4, -0.2) is 63.0 Å². The second kappa shape index (κ2) is 9.98. The minimum Gasteiger partial charge on any atom is -0.395 e. The summed E-state index contributed by atoms with van der Waals surface area (Å²) in [6.45, 7) is 1.59.